The van der Waals surface area contributed by atoms with Gasteiger partial charge in [-0.3, -0.25) is 4.79 Å². The average molecular weight is 358 g/mol. The van der Waals surface area contributed by atoms with Gasteiger partial charge in [0.15, 0.2) is 0 Å². The molecule has 0 saturated carbocycles. The molecule has 3 rings (SSSR count). The van der Waals surface area contributed by atoms with E-state index in [0.717, 1.165) is 5.69 Å². The molecule has 2 amide bonds. The number of rotatable bonds is 4. The number of benzene rings is 1. The van der Waals surface area contributed by atoms with E-state index in [1.165, 1.54) is 4.90 Å². The molecular weight excluding hydrogens is 336 g/mol. The molecule has 0 radical (unpaired) electrons. The molecule has 0 spiro atoms. The fourth-order valence-corrected chi connectivity index (χ4v) is 2.82. The first-order chi connectivity index (χ1) is 12.3. The molecular formula is C17H22N6O3. The lowest BCUT2D eigenvalue weighted by Crippen LogP contribution is -2.37. The molecule has 2 N–H and O–H groups in total. The molecule has 0 bridgehead atoms. The van der Waals surface area contributed by atoms with E-state index >= 15 is 0 Å². The summed E-state index contributed by atoms with van der Waals surface area (Å²) in [4.78, 5) is 31.3. The number of carbonyl (C=O) groups is 2. The summed E-state index contributed by atoms with van der Waals surface area (Å²) in [5.41, 5.74) is 0.487. The first-order valence-corrected chi connectivity index (χ1v) is 8.27. The summed E-state index contributed by atoms with van der Waals surface area (Å²) < 4.78 is 1.63. The second-order valence-electron chi connectivity index (χ2n) is 6.90. The van der Waals surface area contributed by atoms with Crippen LogP contribution in [0.1, 0.15) is 13.3 Å². The predicted molar refractivity (Wildman–Crippen MR) is 96.6 cm³/mol. The Kier molecular flexibility index (Phi) is 4.54. The Labute approximate surface area is 151 Å². The van der Waals surface area contributed by atoms with E-state index in [1.54, 1.807) is 35.0 Å². The van der Waals surface area contributed by atoms with Crippen molar-refractivity contribution in [3.63, 3.8) is 0 Å². The molecule has 1 unspecified atom stereocenters. The number of aliphatic carboxylic acids is 1. The highest BCUT2D eigenvalue weighted by Crippen LogP contribution is 2.30. The van der Waals surface area contributed by atoms with Crippen molar-refractivity contribution in [1.29, 1.82) is 0 Å². The van der Waals surface area contributed by atoms with E-state index in [-0.39, 0.29) is 12.6 Å². The lowest BCUT2D eigenvalue weighted by Gasteiger charge is -2.20. The van der Waals surface area contributed by atoms with Crippen molar-refractivity contribution in [3.05, 3.63) is 30.6 Å². The second kappa shape index (κ2) is 6.66. The Balaban J connectivity index is 1.71. The summed E-state index contributed by atoms with van der Waals surface area (Å²) in [6.45, 7) is 2.28. The second-order valence-corrected chi connectivity index (χ2v) is 6.90. The number of aromatic nitrogens is 3. The third-order valence-corrected chi connectivity index (χ3v) is 4.52. The van der Waals surface area contributed by atoms with Crippen LogP contribution in [0.15, 0.2) is 30.6 Å². The number of carboxylic acids is 1. The van der Waals surface area contributed by atoms with Crippen LogP contribution in [0.5, 0.6) is 0 Å². The van der Waals surface area contributed by atoms with Gasteiger partial charge in [0.2, 0.25) is 5.95 Å². The molecule has 9 heteroatoms. The monoisotopic (exact) mass is 358 g/mol. The Morgan fingerprint density at radius 2 is 2.12 bits per heavy atom. The standard InChI is InChI=1S/C17H22N6O3/c1-17(14(24)25)7-8-22(10-17)16(26)19-12-5-4-6-13(9-12)23-11-18-15(20-23)21(2)3/h4-6,9,11H,7-8,10H2,1-3H3,(H,19,26)(H,24,25). The van der Waals surface area contributed by atoms with Crippen LogP contribution in [0, 0.1) is 5.41 Å². The Morgan fingerprint density at radius 3 is 2.73 bits per heavy atom. The molecule has 138 valence electrons. The van der Waals surface area contributed by atoms with E-state index in [2.05, 4.69) is 15.4 Å². The van der Waals surface area contributed by atoms with E-state index in [4.69, 9.17) is 0 Å². The highest BCUT2D eigenvalue weighted by atomic mass is 16.4. The maximum atomic E-state index is 12.4. The van der Waals surface area contributed by atoms with Gasteiger partial charge in [-0.05, 0) is 31.5 Å². The Morgan fingerprint density at radius 1 is 1.35 bits per heavy atom. The van der Waals surface area contributed by atoms with Gasteiger partial charge in [0.1, 0.15) is 6.33 Å². The van der Waals surface area contributed by atoms with Crippen LogP contribution in [0.2, 0.25) is 0 Å². The number of carboxylic acid groups (broad SMARTS) is 1. The normalized spacial score (nSPS) is 19.4. The van der Waals surface area contributed by atoms with Gasteiger partial charge in [-0.1, -0.05) is 6.07 Å². The topological polar surface area (TPSA) is 104 Å². The molecule has 2 heterocycles. The van der Waals surface area contributed by atoms with Gasteiger partial charge in [0, 0.05) is 32.9 Å². The number of carbonyl (C=O) groups excluding carboxylic acids is 1. The van der Waals surface area contributed by atoms with Crippen LogP contribution in [0.3, 0.4) is 0 Å². The minimum absolute atomic E-state index is 0.198. The van der Waals surface area contributed by atoms with Crippen LogP contribution in [0.25, 0.3) is 5.69 Å². The quantitative estimate of drug-likeness (QED) is 0.861. The highest BCUT2D eigenvalue weighted by molar-refractivity contribution is 5.90. The van der Waals surface area contributed by atoms with Crippen molar-refractivity contribution in [3.8, 4) is 5.69 Å². The SMILES string of the molecule is CN(C)c1ncn(-c2cccc(NC(=O)N3CCC(C)(C(=O)O)C3)c2)n1. The minimum Gasteiger partial charge on any atom is -0.481 e. The molecule has 26 heavy (non-hydrogen) atoms. The van der Waals surface area contributed by atoms with Crippen LogP contribution >= 0.6 is 0 Å². The number of urea groups is 1. The van der Waals surface area contributed by atoms with E-state index in [1.807, 2.05) is 26.2 Å². The van der Waals surface area contributed by atoms with Crippen LogP contribution < -0.4 is 10.2 Å². The maximum absolute atomic E-state index is 12.4. The molecule has 9 nitrogen and oxygen atoms in total. The zero-order valence-electron chi connectivity index (χ0n) is 15.0. The molecule has 1 aromatic carbocycles. The number of hydrogen-bond acceptors (Lipinski definition) is 5. The number of nitrogens with zero attached hydrogens (tertiary/aromatic N) is 5. The summed E-state index contributed by atoms with van der Waals surface area (Å²) in [7, 11) is 3.72. The van der Waals surface area contributed by atoms with Gasteiger partial charge < -0.3 is 20.2 Å². The summed E-state index contributed by atoms with van der Waals surface area (Å²) in [5.74, 6) is -0.290. The van der Waals surface area contributed by atoms with Crippen molar-refractivity contribution in [2.45, 2.75) is 13.3 Å². The smallest absolute Gasteiger partial charge is 0.321 e. The summed E-state index contributed by atoms with van der Waals surface area (Å²) in [5, 5.41) is 16.5. The third kappa shape index (κ3) is 3.46. The lowest BCUT2D eigenvalue weighted by molar-refractivity contribution is -0.146. The molecule has 1 atom stereocenters. The fourth-order valence-electron chi connectivity index (χ4n) is 2.82. The molecule has 1 fully saturated rings. The number of likely N-dealkylation sites (tertiary alicyclic amines) is 1. The van der Waals surface area contributed by atoms with Crippen molar-refractivity contribution >= 4 is 23.6 Å². The molecule has 1 aliphatic heterocycles. The van der Waals surface area contributed by atoms with Crippen molar-refractivity contribution in [2.75, 3.05) is 37.4 Å². The van der Waals surface area contributed by atoms with Gasteiger partial charge in [-0.15, -0.1) is 5.10 Å². The highest BCUT2D eigenvalue weighted by Gasteiger charge is 2.42. The molecule has 2 aromatic rings. The largest absolute Gasteiger partial charge is 0.481 e. The number of hydrogen-bond donors (Lipinski definition) is 2. The van der Waals surface area contributed by atoms with E-state index < -0.39 is 11.4 Å². The van der Waals surface area contributed by atoms with E-state index in [9.17, 15) is 14.7 Å². The van der Waals surface area contributed by atoms with E-state index in [0.29, 0.717) is 24.6 Å². The number of anilines is 2. The van der Waals surface area contributed by atoms with Crippen LogP contribution in [-0.2, 0) is 4.79 Å². The average Bonchev–Trinajstić information content (AvgIpc) is 3.23. The first kappa shape index (κ1) is 17.7. The maximum Gasteiger partial charge on any atom is 0.321 e. The van der Waals surface area contributed by atoms with Crippen LogP contribution in [0.4, 0.5) is 16.4 Å². The van der Waals surface area contributed by atoms with Crippen molar-refractivity contribution in [2.24, 2.45) is 5.41 Å². The van der Waals surface area contributed by atoms with Gasteiger partial charge in [0.25, 0.3) is 0 Å². The molecule has 1 aliphatic rings. The van der Waals surface area contributed by atoms with Gasteiger partial charge >= 0.3 is 12.0 Å². The summed E-state index contributed by atoms with van der Waals surface area (Å²) >= 11 is 0. The summed E-state index contributed by atoms with van der Waals surface area (Å²) in [6.07, 6.45) is 2.05. The van der Waals surface area contributed by atoms with Crippen molar-refractivity contribution in [1.82, 2.24) is 19.7 Å². The predicted octanol–water partition coefficient (Wildman–Crippen LogP) is 1.66. The lowest BCUT2D eigenvalue weighted by atomic mass is 9.90. The fraction of sp³-hybridized carbons (Fsp3) is 0.412. The molecule has 0 aliphatic carbocycles. The van der Waals surface area contributed by atoms with Crippen molar-refractivity contribution < 1.29 is 14.7 Å². The molecule has 1 aromatic heterocycles. The zero-order valence-corrected chi connectivity index (χ0v) is 15.0. The van der Waals surface area contributed by atoms with Gasteiger partial charge in [-0.25, -0.2) is 9.48 Å². The van der Waals surface area contributed by atoms with Gasteiger partial charge in [0.05, 0.1) is 11.1 Å². The molecule has 1 saturated heterocycles. The summed E-state index contributed by atoms with van der Waals surface area (Å²) in [6, 6.07) is 6.93. The first-order valence-electron chi connectivity index (χ1n) is 8.27. The Hall–Kier alpha value is -3.10. The van der Waals surface area contributed by atoms with Gasteiger partial charge in [-0.2, -0.15) is 4.98 Å². The zero-order chi connectivity index (χ0) is 18.9. The minimum atomic E-state index is -0.886. The number of amides is 2. The Bertz CT molecular complexity index is 833. The van der Waals surface area contributed by atoms with Crippen LogP contribution in [-0.4, -0.2) is 64.0 Å². The third-order valence-electron chi connectivity index (χ3n) is 4.52. The number of nitrogens with one attached hydrogen (secondary N) is 1.